The van der Waals surface area contributed by atoms with Gasteiger partial charge in [-0.3, -0.25) is 14.4 Å². The van der Waals surface area contributed by atoms with Gasteiger partial charge in [-0.15, -0.1) is 0 Å². The third kappa shape index (κ3) is 6.37. The summed E-state index contributed by atoms with van der Waals surface area (Å²) in [6.45, 7) is 6.94. The van der Waals surface area contributed by atoms with Crippen molar-refractivity contribution in [1.82, 2.24) is 20.2 Å². The van der Waals surface area contributed by atoms with Crippen LogP contribution in [0.25, 0.3) is 10.9 Å². The summed E-state index contributed by atoms with van der Waals surface area (Å²) >= 11 is 0. The Morgan fingerprint density at radius 1 is 0.895 bits per heavy atom. The number of carbonyl (C=O) groups is 3. The summed E-state index contributed by atoms with van der Waals surface area (Å²) < 4.78 is 0.879. The van der Waals surface area contributed by atoms with E-state index < -0.39 is 47.2 Å². The van der Waals surface area contributed by atoms with Crippen molar-refractivity contribution >= 4 is 28.7 Å². The molecule has 4 atom stereocenters. The summed E-state index contributed by atoms with van der Waals surface area (Å²) in [5.41, 5.74) is -0.318. The van der Waals surface area contributed by atoms with Gasteiger partial charge in [-0.1, -0.05) is 76.6 Å². The van der Waals surface area contributed by atoms with Crippen LogP contribution in [0.3, 0.4) is 0 Å². The van der Waals surface area contributed by atoms with Crippen molar-refractivity contribution in [1.29, 1.82) is 0 Å². The van der Waals surface area contributed by atoms with Crippen LogP contribution in [0.15, 0.2) is 64.2 Å². The molecule has 10 heteroatoms. The summed E-state index contributed by atoms with van der Waals surface area (Å²) in [6, 6.07) is 12.0. The molecule has 0 saturated heterocycles. The van der Waals surface area contributed by atoms with Gasteiger partial charge in [0.2, 0.25) is 11.8 Å². The van der Waals surface area contributed by atoms with Gasteiger partial charge in [-0.05, 0) is 29.5 Å². The number of carboxylic acids is 1. The van der Waals surface area contributed by atoms with Crippen LogP contribution in [-0.4, -0.2) is 44.5 Å². The van der Waals surface area contributed by atoms with Gasteiger partial charge in [-0.2, -0.15) is 0 Å². The van der Waals surface area contributed by atoms with E-state index in [4.69, 9.17) is 0 Å². The molecule has 202 valence electrons. The molecular weight excluding hydrogens is 488 g/mol. The van der Waals surface area contributed by atoms with Gasteiger partial charge in [0, 0.05) is 6.42 Å². The second-order valence-corrected chi connectivity index (χ2v) is 9.80. The number of aromatic nitrogens is 2. The Hall–Kier alpha value is -4.21. The zero-order valence-electron chi connectivity index (χ0n) is 21.9. The number of nitrogens with one attached hydrogen (secondary N) is 3. The fourth-order valence-electron chi connectivity index (χ4n) is 4.31. The van der Waals surface area contributed by atoms with E-state index in [0.29, 0.717) is 17.5 Å². The van der Waals surface area contributed by atoms with E-state index in [9.17, 15) is 29.1 Å². The minimum Gasteiger partial charge on any atom is -0.480 e. The first-order chi connectivity index (χ1) is 18.0. The Kier molecular flexibility index (Phi) is 9.22. The number of para-hydroxylation sites is 1. The van der Waals surface area contributed by atoms with Crippen LogP contribution >= 0.6 is 0 Å². The molecule has 0 unspecified atom stereocenters. The van der Waals surface area contributed by atoms with Gasteiger partial charge < -0.3 is 20.7 Å². The van der Waals surface area contributed by atoms with Gasteiger partial charge in [0.1, 0.15) is 18.1 Å². The molecule has 4 N–H and O–H groups in total. The minimum absolute atomic E-state index is 0.0204. The van der Waals surface area contributed by atoms with Crippen LogP contribution in [0.1, 0.15) is 45.7 Å². The van der Waals surface area contributed by atoms with Gasteiger partial charge >= 0.3 is 11.7 Å². The van der Waals surface area contributed by atoms with Crippen LogP contribution in [0, 0.1) is 11.8 Å². The first kappa shape index (κ1) is 28.4. The highest BCUT2D eigenvalue weighted by atomic mass is 16.4. The lowest BCUT2D eigenvalue weighted by Crippen LogP contribution is -2.57. The topological polar surface area (TPSA) is 150 Å². The van der Waals surface area contributed by atoms with E-state index in [2.05, 4.69) is 15.6 Å². The van der Waals surface area contributed by atoms with Crippen molar-refractivity contribution in [2.45, 2.75) is 58.7 Å². The molecule has 3 aromatic rings. The van der Waals surface area contributed by atoms with Crippen LogP contribution in [0.4, 0.5) is 0 Å². The number of fused-ring (bicyclic) bond motifs is 1. The van der Waals surface area contributed by atoms with Gasteiger partial charge in [0.05, 0.1) is 10.9 Å². The molecule has 0 spiro atoms. The number of aromatic amines is 1. The van der Waals surface area contributed by atoms with E-state index in [1.807, 2.05) is 13.0 Å². The Morgan fingerprint density at radius 2 is 1.50 bits per heavy atom. The molecule has 1 aromatic heterocycles. The number of aliphatic carboxylic acids is 1. The standard InChI is InChI=1S/C28H34N4O6/c1-5-17(4)23(25(34)30-22(16(2)3)27(36)37)31-24(33)21(15-18-11-7-6-8-12-18)32-26(35)19-13-9-10-14-20(19)29-28(32)38/h6-14,16-17,21-23H,5,15H2,1-4H3,(H,29,38)(H,30,34)(H,31,33)(H,36,37)/t17-,21-,22-,23-/m0/s1. The first-order valence-corrected chi connectivity index (χ1v) is 12.7. The smallest absolute Gasteiger partial charge is 0.329 e. The molecule has 0 aliphatic heterocycles. The maximum Gasteiger partial charge on any atom is 0.329 e. The highest BCUT2D eigenvalue weighted by Gasteiger charge is 2.34. The Morgan fingerprint density at radius 3 is 2.11 bits per heavy atom. The van der Waals surface area contributed by atoms with Crippen molar-refractivity contribution in [3.05, 3.63) is 81.0 Å². The maximum absolute atomic E-state index is 13.8. The third-order valence-corrected chi connectivity index (χ3v) is 6.75. The molecule has 0 aliphatic rings. The van der Waals surface area contributed by atoms with Crippen molar-refractivity contribution < 1.29 is 19.5 Å². The number of rotatable bonds is 11. The molecule has 0 aliphatic carbocycles. The summed E-state index contributed by atoms with van der Waals surface area (Å²) in [5.74, 6) is -3.27. The molecule has 0 fully saturated rings. The summed E-state index contributed by atoms with van der Waals surface area (Å²) in [5, 5.41) is 15.0. The zero-order valence-corrected chi connectivity index (χ0v) is 21.9. The maximum atomic E-state index is 13.8. The van der Waals surface area contributed by atoms with Crippen LogP contribution in [0.5, 0.6) is 0 Å². The Balaban J connectivity index is 2.04. The lowest BCUT2D eigenvalue weighted by Gasteiger charge is -2.28. The molecule has 0 radical (unpaired) electrons. The van der Waals surface area contributed by atoms with E-state index in [1.165, 1.54) is 0 Å². The van der Waals surface area contributed by atoms with Crippen LogP contribution < -0.4 is 21.9 Å². The summed E-state index contributed by atoms with van der Waals surface area (Å²) in [4.78, 5) is 67.8. The van der Waals surface area contributed by atoms with Crippen molar-refractivity contribution in [3.8, 4) is 0 Å². The fourth-order valence-corrected chi connectivity index (χ4v) is 4.31. The van der Waals surface area contributed by atoms with Crippen molar-refractivity contribution in [2.75, 3.05) is 0 Å². The molecule has 1 heterocycles. The normalized spacial score (nSPS) is 14.4. The SMILES string of the molecule is CC[C@H](C)[C@H](NC(=O)[C@H](Cc1ccccc1)n1c(=O)[nH]c2ccccc2c1=O)C(=O)N[C@H](C(=O)O)C(C)C. The van der Waals surface area contributed by atoms with Gasteiger partial charge in [0.15, 0.2) is 0 Å². The van der Waals surface area contributed by atoms with Crippen LogP contribution in [-0.2, 0) is 20.8 Å². The van der Waals surface area contributed by atoms with E-state index in [0.717, 1.165) is 4.57 Å². The average molecular weight is 523 g/mol. The first-order valence-electron chi connectivity index (χ1n) is 12.7. The van der Waals surface area contributed by atoms with Crippen LogP contribution in [0.2, 0.25) is 0 Å². The molecule has 3 rings (SSSR count). The Bertz CT molecular complexity index is 1410. The number of hydrogen-bond acceptors (Lipinski definition) is 5. The number of hydrogen-bond donors (Lipinski definition) is 4. The molecule has 0 saturated carbocycles. The average Bonchev–Trinajstić information content (AvgIpc) is 2.89. The lowest BCUT2D eigenvalue weighted by atomic mass is 9.96. The number of carboxylic acid groups (broad SMARTS) is 1. The quantitative estimate of drug-likeness (QED) is 0.303. The lowest BCUT2D eigenvalue weighted by molar-refractivity contribution is -0.143. The highest BCUT2D eigenvalue weighted by molar-refractivity contribution is 5.92. The molecule has 10 nitrogen and oxygen atoms in total. The van der Waals surface area contributed by atoms with Crippen molar-refractivity contribution in [2.24, 2.45) is 11.8 Å². The molecule has 38 heavy (non-hydrogen) atoms. The zero-order chi connectivity index (χ0) is 28.0. The molecule has 2 amide bonds. The van der Waals surface area contributed by atoms with Gasteiger partial charge in [-0.25, -0.2) is 14.2 Å². The summed E-state index contributed by atoms with van der Waals surface area (Å²) in [6.07, 6.45) is 0.532. The van der Waals surface area contributed by atoms with Gasteiger partial charge in [0.25, 0.3) is 5.56 Å². The monoisotopic (exact) mass is 522 g/mol. The largest absolute Gasteiger partial charge is 0.480 e. The third-order valence-electron chi connectivity index (χ3n) is 6.75. The predicted molar refractivity (Wildman–Crippen MR) is 144 cm³/mol. The Labute approximate surface area is 220 Å². The predicted octanol–water partition coefficient (Wildman–Crippen LogP) is 2.23. The van der Waals surface area contributed by atoms with Crippen molar-refractivity contribution in [3.63, 3.8) is 0 Å². The number of carbonyl (C=O) groups excluding carboxylic acids is 2. The second-order valence-electron chi connectivity index (χ2n) is 9.80. The fraction of sp³-hybridized carbons (Fsp3) is 0.393. The minimum atomic E-state index is -1.27. The highest BCUT2D eigenvalue weighted by Crippen LogP contribution is 2.16. The summed E-state index contributed by atoms with van der Waals surface area (Å²) in [7, 11) is 0. The van der Waals surface area contributed by atoms with E-state index in [1.54, 1.807) is 69.3 Å². The number of nitrogens with zero attached hydrogens (tertiary/aromatic N) is 1. The number of H-pyrrole nitrogens is 1. The molecular formula is C28H34N4O6. The number of amides is 2. The van der Waals surface area contributed by atoms with E-state index in [-0.39, 0.29) is 23.6 Å². The van der Waals surface area contributed by atoms with E-state index >= 15 is 0 Å². The molecule has 0 bridgehead atoms. The second kappa shape index (κ2) is 12.4. The number of benzene rings is 2. The molecule has 2 aromatic carbocycles.